The van der Waals surface area contributed by atoms with Gasteiger partial charge in [0.05, 0.1) is 11.5 Å². The van der Waals surface area contributed by atoms with E-state index < -0.39 is 4.92 Å². The molecule has 0 saturated carbocycles. The molecular weight excluding hydrogens is 272 g/mol. The van der Waals surface area contributed by atoms with Crippen molar-refractivity contribution in [2.24, 2.45) is 0 Å². The fraction of sp³-hybridized carbons (Fsp3) is 0.429. The summed E-state index contributed by atoms with van der Waals surface area (Å²) >= 11 is 0. The second-order valence-electron chi connectivity index (χ2n) is 4.90. The summed E-state index contributed by atoms with van der Waals surface area (Å²) in [6.07, 6.45) is 3.20. The second kappa shape index (κ2) is 6.70. The van der Waals surface area contributed by atoms with E-state index in [1.54, 1.807) is 17.0 Å². The highest BCUT2D eigenvalue weighted by molar-refractivity contribution is 5.81. The van der Waals surface area contributed by atoms with Gasteiger partial charge in [-0.25, -0.2) is 0 Å². The molecule has 0 bridgehead atoms. The fourth-order valence-electron chi connectivity index (χ4n) is 2.32. The largest absolute Gasteiger partial charge is 0.376 e. The first-order valence-electron chi connectivity index (χ1n) is 6.82. The van der Waals surface area contributed by atoms with Crippen molar-refractivity contribution < 1.29 is 9.72 Å². The molecular formula is C14H16N4O3. The molecule has 1 aromatic carbocycles. The number of rotatable bonds is 4. The number of carbonyl (C=O) groups excluding carboxylic acids is 1. The molecule has 0 unspecified atom stereocenters. The summed E-state index contributed by atoms with van der Waals surface area (Å²) < 4.78 is 0. The number of nitro groups is 1. The molecule has 21 heavy (non-hydrogen) atoms. The van der Waals surface area contributed by atoms with Gasteiger partial charge in [-0.2, -0.15) is 5.26 Å². The van der Waals surface area contributed by atoms with Crippen LogP contribution in [0.1, 0.15) is 24.8 Å². The third-order valence-electron chi connectivity index (χ3n) is 3.47. The molecule has 0 spiro atoms. The van der Waals surface area contributed by atoms with Crippen molar-refractivity contribution in [3.63, 3.8) is 0 Å². The van der Waals surface area contributed by atoms with Crippen LogP contribution in [0.25, 0.3) is 0 Å². The van der Waals surface area contributed by atoms with Gasteiger partial charge in [-0.3, -0.25) is 14.9 Å². The Morgan fingerprint density at radius 3 is 2.71 bits per heavy atom. The van der Waals surface area contributed by atoms with E-state index in [4.69, 9.17) is 5.26 Å². The van der Waals surface area contributed by atoms with Crippen molar-refractivity contribution >= 4 is 17.3 Å². The average Bonchev–Trinajstić information content (AvgIpc) is 2.53. The van der Waals surface area contributed by atoms with Gasteiger partial charge in [0.25, 0.3) is 5.69 Å². The van der Waals surface area contributed by atoms with Crippen LogP contribution < -0.4 is 5.32 Å². The number of benzene rings is 1. The van der Waals surface area contributed by atoms with Gasteiger partial charge in [0.1, 0.15) is 11.6 Å². The minimum absolute atomic E-state index is 0.00732. The van der Waals surface area contributed by atoms with Gasteiger partial charge in [0.15, 0.2) is 0 Å². The number of nitriles is 1. The van der Waals surface area contributed by atoms with Crippen LogP contribution in [0.3, 0.4) is 0 Å². The highest BCUT2D eigenvalue weighted by Gasteiger charge is 2.17. The molecule has 1 saturated heterocycles. The van der Waals surface area contributed by atoms with Crippen LogP contribution in [0.5, 0.6) is 0 Å². The van der Waals surface area contributed by atoms with E-state index in [-0.39, 0.29) is 23.7 Å². The number of amides is 1. The summed E-state index contributed by atoms with van der Waals surface area (Å²) in [5, 5.41) is 22.6. The maximum atomic E-state index is 12.0. The predicted octanol–water partition coefficient (Wildman–Crippen LogP) is 1.89. The maximum Gasteiger partial charge on any atom is 0.289 e. The molecule has 1 aliphatic heterocycles. The lowest BCUT2D eigenvalue weighted by molar-refractivity contribution is -0.385. The summed E-state index contributed by atoms with van der Waals surface area (Å²) in [6, 6.07) is 6.00. The summed E-state index contributed by atoms with van der Waals surface area (Å²) in [4.78, 5) is 24.1. The first kappa shape index (κ1) is 14.8. The molecule has 0 radical (unpaired) electrons. The highest BCUT2D eigenvalue weighted by atomic mass is 16.6. The van der Waals surface area contributed by atoms with E-state index in [0.717, 1.165) is 32.4 Å². The van der Waals surface area contributed by atoms with E-state index >= 15 is 0 Å². The Morgan fingerprint density at radius 2 is 2.10 bits per heavy atom. The minimum atomic E-state index is -0.601. The zero-order chi connectivity index (χ0) is 15.2. The quantitative estimate of drug-likeness (QED) is 0.673. The molecule has 1 amide bonds. The van der Waals surface area contributed by atoms with Gasteiger partial charge in [-0.1, -0.05) is 0 Å². The van der Waals surface area contributed by atoms with Gasteiger partial charge < -0.3 is 10.2 Å². The Morgan fingerprint density at radius 1 is 1.38 bits per heavy atom. The lowest BCUT2D eigenvalue weighted by Crippen LogP contribution is -2.39. The topological polar surface area (TPSA) is 99.3 Å². The van der Waals surface area contributed by atoms with Crippen LogP contribution in [0.15, 0.2) is 18.2 Å². The molecule has 0 aliphatic carbocycles. The molecule has 7 heteroatoms. The smallest absolute Gasteiger partial charge is 0.289 e. The van der Waals surface area contributed by atoms with Crippen LogP contribution in [-0.4, -0.2) is 35.4 Å². The zero-order valence-electron chi connectivity index (χ0n) is 11.5. The van der Waals surface area contributed by atoms with Gasteiger partial charge >= 0.3 is 0 Å². The third-order valence-corrected chi connectivity index (χ3v) is 3.47. The average molecular weight is 288 g/mol. The normalized spacial score (nSPS) is 14.3. The van der Waals surface area contributed by atoms with Crippen LogP contribution in [-0.2, 0) is 4.79 Å². The van der Waals surface area contributed by atoms with Crippen molar-refractivity contribution in [2.45, 2.75) is 19.3 Å². The SMILES string of the molecule is N#Cc1ccc(NCC(=O)N2CCCCC2)cc1[N+](=O)[O-]. The molecule has 1 aromatic rings. The van der Waals surface area contributed by atoms with E-state index in [1.807, 2.05) is 0 Å². The molecule has 0 aromatic heterocycles. The van der Waals surface area contributed by atoms with Gasteiger partial charge in [0, 0.05) is 24.8 Å². The number of nitro benzene ring substituents is 1. The Balaban J connectivity index is 2.00. The Bertz CT molecular complexity index is 588. The van der Waals surface area contributed by atoms with Crippen LogP contribution in [0, 0.1) is 21.4 Å². The number of anilines is 1. The van der Waals surface area contributed by atoms with Crippen molar-refractivity contribution in [1.82, 2.24) is 4.90 Å². The first-order valence-corrected chi connectivity index (χ1v) is 6.82. The maximum absolute atomic E-state index is 12.0. The predicted molar refractivity (Wildman–Crippen MR) is 76.7 cm³/mol. The van der Waals surface area contributed by atoms with E-state index in [9.17, 15) is 14.9 Å². The number of likely N-dealkylation sites (tertiary alicyclic amines) is 1. The summed E-state index contributed by atoms with van der Waals surface area (Å²) in [5.41, 5.74) is 0.215. The van der Waals surface area contributed by atoms with E-state index in [1.165, 1.54) is 12.1 Å². The second-order valence-corrected chi connectivity index (χ2v) is 4.90. The van der Waals surface area contributed by atoms with Gasteiger partial charge in [-0.05, 0) is 31.4 Å². The highest BCUT2D eigenvalue weighted by Crippen LogP contribution is 2.22. The number of piperidine rings is 1. The minimum Gasteiger partial charge on any atom is -0.376 e. The summed E-state index contributed by atoms with van der Waals surface area (Å²) in [7, 11) is 0. The van der Waals surface area contributed by atoms with Crippen LogP contribution >= 0.6 is 0 Å². The zero-order valence-corrected chi connectivity index (χ0v) is 11.5. The molecule has 1 aliphatic rings. The molecule has 7 nitrogen and oxygen atoms in total. The van der Waals surface area contributed by atoms with Crippen molar-refractivity contribution in [1.29, 1.82) is 5.26 Å². The number of nitrogens with zero attached hydrogens (tertiary/aromatic N) is 3. The Labute approximate surface area is 122 Å². The molecule has 2 rings (SSSR count). The van der Waals surface area contributed by atoms with Crippen molar-refractivity contribution in [3.05, 3.63) is 33.9 Å². The molecule has 110 valence electrons. The summed E-state index contributed by atoms with van der Waals surface area (Å²) in [6.45, 7) is 1.64. The number of nitrogens with one attached hydrogen (secondary N) is 1. The van der Waals surface area contributed by atoms with E-state index in [2.05, 4.69) is 5.32 Å². The third kappa shape index (κ3) is 3.69. The Hall–Kier alpha value is -2.62. The van der Waals surface area contributed by atoms with Crippen molar-refractivity contribution in [2.75, 3.05) is 25.0 Å². The molecule has 1 N–H and O–H groups in total. The van der Waals surface area contributed by atoms with Crippen LogP contribution in [0.4, 0.5) is 11.4 Å². The molecule has 1 fully saturated rings. The first-order chi connectivity index (χ1) is 10.1. The van der Waals surface area contributed by atoms with Crippen LogP contribution in [0.2, 0.25) is 0 Å². The van der Waals surface area contributed by atoms with Gasteiger partial charge in [0.2, 0.25) is 5.91 Å². The number of carbonyl (C=O) groups is 1. The molecule has 1 heterocycles. The monoisotopic (exact) mass is 288 g/mol. The van der Waals surface area contributed by atoms with Crippen molar-refractivity contribution in [3.8, 4) is 6.07 Å². The molecule has 0 atom stereocenters. The summed E-state index contributed by atoms with van der Waals surface area (Å²) in [5.74, 6) is -0.0123. The van der Waals surface area contributed by atoms with E-state index in [0.29, 0.717) is 5.69 Å². The number of hydrogen-bond donors (Lipinski definition) is 1. The lowest BCUT2D eigenvalue weighted by Gasteiger charge is -2.26. The standard InChI is InChI=1S/C14H16N4O3/c15-9-11-4-5-12(8-13(11)18(20)21)16-10-14(19)17-6-2-1-3-7-17/h4-5,8,16H,1-3,6-7,10H2. The fourth-order valence-corrected chi connectivity index (χ4v) is 2.32. The lowest BCUT2D eigenvalue weighted by atomic mass is 10.1. The van der Waals surface area contributed by atoms with Gasteiger partial charge in [-0.15, -0.1) is 0 Å². The Kier molecular flexibility index (Phi) is 4.72. The number of hydrogen-bond acceptors (Lipinski definition) is 5.